The van der Waals surface area contributed by atoms with Crippen LogP contribution in [0, 0.1) is 0 Å². The third kappa shape index (κ3) is 3.15. The van der Waals surface area contributed by atoms with Gasteiger partial charge in [0.2, 0.25) is 0 Å². The molecule has 0 N–H and O–H groups in total. The van der Waals surface area contributed by atoms with Gasteiger partial charge in [0, 0.05) is 16.8 Å². The maximum atomic E-state index is 5.95. The van der Waals surface area contributed by atoms with Crippen LogP contribution < -0.4 is 9.47 Å². The molecule has 0 saturated heterocycles. The highest BCUT2D eigenvalue weighted by atomic mass is 79.9. The van der Waals surface area contributed by atoms with Gasteiger partial charge in [0.25, 0.3) is 0 Å². The van der Waals surface area contributed by atoms with Crippen LogP contribution in [-0.2, 0) is 6.61 Å². The highest BCUT2D eigenvalue weighted by Gasteiger charge is 2.06. The molecule has 0 aliphatic carbocycles. The zero-order valence-corrected chi connectivity index (χ0v) is 12.0. The zero-order valence-electron chi connectivity index (χ0n) is 9.69. The summed E-state index contributed by atoms with van der Waals surface area (Å²) >= 11 is 9.28. The van der Waals surface area contributed by atoms with E-state index in [2.05, 4.69) is 20.9 Å². The van der Waals surface area contributed by atoms with E-state index in [1.165, 1.54) is 0 Å². The minimum Gasteiger partial charge on any atom is -0.496 e. The van der Waals surface area contributed by atoms with Crippen molar-refractivity contribution in [3.8, 4) is 11.5 Å². The Kier molecular flexibility index (Phi) is 4.44. The van der Waals surface area contributed by atoms with Gasteiger partial charge >= 0.3 is 0 Å². The number of rotatable bonds is 4. The van der Waals surface area contributed by atoms with Gasteiger partial charge in [-0.3, -0.25) is 0 Å². The number of ether oxygens (including phenoxy) is 2. The molecule has 18 heavy (non-hydrogen) atoms. The molecule has 0 amide bonds. The van der Waals surface area contributed by atoms with Crippen LogP contribution in [0.3, 0.4) is 0 Å². The topological polar surface area (TPSA) is 31.4 Å². The normalized spacial score (nSPS) is 10.2. The minimum absolute atomic E-state index is 0.369. The van der Waals surface area contributed by atoms with Crippen LogP contribution in [0.2, 0.25) is 5.02 Å². The highest BCUT2D eigenvalue weighted by Crippen LogP contribution is 2.26. The largest absolute Gasteiger partial charge is 0.496 e. The molecule has 3 nitrogen and oxygen atoms in total. The lowest BCUT2D eigenvalue weighted by molar-refractivity contribution is 0.293. The minimum atomic E-state index is 0.369. The van der Waals surface area contributed by atoms with E-state index in [0.29, 0.717) is 22.0 Å². The molecule has 0 aliphatic heterocycles. The molecule has 94 valence electrons. The average Bonchev–Trinajstić information content (AvgIpc) is 2.38. The van der Waals surface area contributed by atoms with Gasteiger partial charge in [0.05, 0.1) is 7.11 Å². The molecular formula is C13H11BrClNO2. The fourth-order valence-electron chi connectivity index (χ4n) is 1.49. The van der Waals surface area contributed by atoms with Crippen molar-refractivity contribution in [2.45, 2.75) is 6.61 Å². The van der Waals surface area contributed by atoms with Gasteiger partial charge < -0.3 is 9.47 Å². The molecular weight excluding hydrogens is 318 g/mol. The van der Waals surface area contributed by atoms with Gasteiger partial charge in [-0.25, -0.2) is 4.98 Å². The van der Waals surface area contributed by atoms with Crippen LogP contribution in [0.4, 0.5) is 0 Å². The molecule has 0 bridgehead atoms. The molecule has 1 aromatic carbocycles. The third-order valence-corrected chi connectivity index (χ3v) is 3.18. The predicted molar refractivity (Wildman–Crippen MR) is 74.3 cm³/mol. The van der Waals surface area contributed by atoms with Crippen molar-refractivity contribution in [2.24, 2.45) is 0 Å². The lowest BCUT2D eigenvalue weighted by Crippen LogP contribution is -1.99. The average molecular weight is 329 g/mol. The second kappa shape index (κ2) is 6.07. The number of halogens is 2. The molecule has 5 heteroatoms. The standard InChI is InChI=1S/C13H11BrClNO2/c1-17-11-5-4-10(15)7-9(11)8-18-12-3-2-6-16-13(12)14/h2-7H,8H2,1H3. The second-order valence-corrected chi connectivity index (χ2v) is 4.72. The number of nitrogens with zero attached hydrogens (tertiary/aromatic N) is 1. The van der Waals surface area contributed by atoms with Crippen LogP contribution in [0.5, 0.6) is 11.5 Å². The first-order valence-electron chi connectivity index (χ1n) is 5.26. The van der Waals surface area contributed by atoms with E-state index < -0.39 is 0 Å². The van der Waals surface area contributed by atoms with Crippen LogP contribution in [0.1, 0.15) is 5.56 Å². The van der Waals surface area contributed by atoms with Gasteiger partial charge in [0.15, 0.2) is 5.75 Å². The fourth-order valence-corrected chi connectivity index (χ4v) is 2.05. The van der Waals surface area contributed by atoms with Crippen LogP contribution in [0.25, 0.3) is 0 Å². The Bertz CT molecular complexity index is 548. The van der Waals surface area contributed by atoms with Crippen molar-refractivity contribution in [2.75, 3.05) is 7.11 Å². The first-order valence-corrected chi connectivity index (χ1v) is 6.43. The van der Waals surface area contributed by atoms with Crippen molar-refractivity contribution >= 4 is 27.5 Å². The maximum absolute atomic E-state index is 5.95. The van der Waals surface area contributed by atoms with Gasteiger partial charge in [0.1, 0.15) is 17.0 Å². The number of methoxy groups -OCH3 is 1. The number of hydrogen-bond acceptors (Lipinski definition) is 3. The monoisotopic (exact) mass is 327 g/mol. The van der Waals surface area contributed by atoms with Gasteiger partial charge in [-0.15, -0.1) is 0 Å². The first-order chi connectivity index (χ1) is 8.70. The summed E-state index contributed by atoms with van der Waals surface area (Å²) in [4.78, 5) is 4.09. The molecule has 0 saturated carbocycles. The molecule has 0 fully saturated rings. The van der Waals surface area contributed by atoms with Crippen LogP contribution in [0.15, 0.2) is 41.1 Å². The number of aromatic nitrogens is 1. The van der Waals surface area contributed by atoms with Crippen molar-refractivity contribution < 1.29 is 9.47 Å². The molecule has 1 aromatic heterocycles. The molecule has 0 radical (unpaired) electrons. The zero-order chi connectivity index (χ0) is 13.0. The summed E-state index contributed by atoms with van der Waals surface area (Å²) < 4.78 is 11.6. The molecule has 0 aliphatic rings. The Hall–Kier alpha value is -1.26. The predicted octanol–water partition coefficient (Wildman–Crippen LogP) is 4.09. The van der Waals surface area contributed by atoms with E-state index in [1.54, 1.807) is 19.4 Å². The molecule has 2 rings (SSSR count). The molecule has 0 spiro atoms. The Morgan fingerprint density at radius 2 is 2.11 bits per heavy atom. The quantitative estimate of drug-likeness (QED) is 0.792. The van der Waals surface area contributed by atoms with E-state index in [9.17, 15) is 0 Å². The van der Waals surface area contributed by atoms with Crippen molar-refractivity contribution in [3.05, 3.63) is 51.7 Å². The summed E-state index contributed by atoms with van der Waals surface area (Å²) in [6.45, 7) is 0.369. The Morgan fingerprint density at radius 1 is 1.28 bits per heavy atom. The third-order valence-electron chi connectivity index (χ3n) is 2.35. The summed E-state index contributed by atoms with van der Waals surface area (Å²) in [5.74, 6) is 1.43. The Morgan fingerprint density at radius 3 is 2.83 bits per heavy atom. The van der Waals surface area contributed by atoms with E-state index in [-0.39, 0.29) is 0 Å². The van der Waals surface area contributed by atoms with Crippen molar-refractivity contribution in [1.82, 2.24) is 4.98 Å². The van der Waals surface area contributed by atoms with Gasteiger partial charge in [-0.2, -0.15) is 0 Å². The van der Waals surface area contributed by atoms with E-state index in [0.717, 1.165) is 11.3 Å². The van der Waals surface area contributed by atoms with Crippen LogP contribution >= 0.6 is 27.5 Å². The van der Waals surface area contributed by atoms with Crippen LogP contribution in [-0.4, -0.2) is 12.1 Å². The van der Waals surface area contributed by atoms with Gasteiger partial charge in [-0.1, -0.05) is 11.6 Å². The lowest BCUT2D eigenvalue weighted by atomic mass is 10.2. The van der Waals surface area contributed by atoms with E-state index in [1.807, 2.05) is 24.3 Å². The van der Waals surface area contributed by atoms with E-state index >= 15 is 0 Å². The summed E-state index contributed by atoms with van der Waals surface area (Å²) in [7, 11) is 1.62. The van der Waals surface area contributed by atoms with Crippen molar-refractivity contribution in [3.63, 3.8) is 0 Å². The van der Waals surface area contributed by atoms with Crippen molar-refractivity contribution in [1.29, 1.82) is 0 Å². The Labute approximate surface area is 119 Å². The smallest absolute Gasteiger partial charge is 0.152 e. The number of benzene rings is 1. The molecule has 2 aromatic rings. The SMILES string of the molecule is COc1ccc(Cl)cc1COc1cccnc1Br. The Balaban J connectivity index is 2.15. The van der Waals surface area contributed by atoms with E-state index in [4.69, 9.17) is 21.1 Å². The number of pyridine rings is 1. The lowest BCUT2D eigenvalue weighted by Gasteiger charge is -2.11. The fraction of sp³-hybridized carbons (Fsp3) is 0.154. The summed E-state index contributed by atoms with van der Waals surface area (Å²) in [6, 6.07) is 9.08. The maximum Gasteiger partial charge on any atom is 0.152 e. The van der Waals surface area contributed by atoms with Gasteiger partial charge in [-0.05, 0) is 46.3 Å². The summed E-state index contributed by atoms with van der Waals surface area (Å²) in [5.41, 5.74) is 0.890. The molecule has 1 heterocycles. The molecule has 0 unspecified atom stereocenters. The second-order valence-electron chi connectivity index (χ2n) is 3.54. The summed E-state index contributed by atoms with van der Waals surface area (Å²) in [5, 5.41) is 0.652. The first kappa shape index (κ1) is 13.2. The molecule has 0 atom stereocenters. The highest BCUT2D eigenvalue weighted by molar-refractivity contribution is 9.10. The summed E-state index contributed by atoms with van der Waals surface area (Å²) in [6.07, 6.45) is 1.69. The number of hydrogen-bond donors (Lipinski definition) is 0.